The molecular formula is C24H31NO3. The number of rotatable bonds is 5. The summed E-state index contributed by atoms with van der Waals surface area (Å²) in [5.74, 6) is 1.49. The zero-order chi connectivity index (χ0) is 20.5. The summed E-state index contributed by atoms with van der Waals surface area (Å²) >= 11 is 0. The summed E-state index contributed by atoms with van der Waals surface area (Å²) in [6, 6.07) is 12.0. The largest absolute Gasteiger partial charge is 0.487 e. The highest BCUT2D eigenvalue weighted by Gasteiger charge is 2.35. The van der Waals surface area contributed by atoms with Crippen LogP contribution in [-0.2, 0) is 4.79 Å². The van der Waals surface area contributed by atoms with Gasteiger partial charge in [0.05, 0.1) is 6.04 Å². The molecule has 0 saturated heterocycles. The monoisotopic (exact) mass is 381 g/mol. The number of benzene rings is 2. The molecule has 0 spiro atoms. The second kappa shape index (κ2) is 7.86. The Morgan fingerprint density at radius 1 is 1.18 bits per heavy atom. The van der Waals surface area contributed by atoms with E-state index >= 15 is 0 Å². The van der Waals surface area contributed by atoms with E-state index in [0.717, 1.165) is 34.6 Å². The van der Waals surface area contributed by atoms with E-state index in [2.05, 4.69) is 38.2 Å². The van der Waals surface area contributed by atoms with Crippen molar-refractivity contribution < 1.29 is 14.3 Å². The van der Waals surface area contributed by atoms with Gasteiger partial charge >= 0.3 is 0 Å². The molecule has 2 aromatic carbocycles. The molecule has 1 amide bonds. The van der Waals surface area contributed by atoms with Gasteiger partial charge in [-0.25, -0.2) is 0 Å². The molecule has 1 heterocycles. The zero-order valence-corrected chi connectivity index (χ0v) is 17.8. The molecule has 2 atom stereocenters. The molecule has 1 aliphatic heterocycles. The second-order valence-electron chi connectivity index (χ2n) is 8.43. The average molecular weight is 382 g/mol. The molecule has 0 saturated carbocycles. The standard InChI is InChI=1S/C24H31NO3/c1-7-21(27-18-10-9-16(3)17(4)13-18)23(26)25-20-14-24(5,6)28-22-12-15(2)8-11-19(20)22/h8-13,20-21H,7,14H2,1-6H3,(H,25,26)/t20-,21+/m0/s1. The molecule has 0 aromatic heterocycles. The van der Waals surface area contributed by atoms with Crippen molar-refractivity contribution in [1.29, 1.82) is 0 Å². The van der Waals surface area contributed by atoms with Crippen LogP contribution in [0.3, 0.4) is 0 Å². The Bertz CT molecular complexity index is 872. The summed E-state index contributed by atoms with van der Waals surface area (Å²) in [6.45, 7) is 12.2. The number of carbonyl (C=O) groups is 1. The van der Waals surface area contributed by atoms with Gasteiger partial charge in [-0.15, -0.1) is 0 Å². The molecule has 1 aliphatic rings. The van der Waals surface area contributed by atoms with E-state index in [9.17, 15) is 4.79 Å². The molecule has 0 unspecified atom stereocenters. The summed E-state index contributed by atoms with van der Waals surface area (Å²) in [5, 5.41) is 3.20. The lowest BCUT2D eigenvalue weighted by Gasteiger charge is -2.38. The summed E-state index contributed by atoms with van der Waals surface area (Å²) < 4.78 is 12.2. The van der Waals surface area contributed by atoms with Gasteiger partial charge in [0.1, 0.15) is 17.1 Å². The van der Waals surface area contributed by atoms with Crippen LogP contribution in [0.5, 0.6) is 11.5 Å². The van der Waals surface area contributed by atoms with Crippen molar-refractivity contribution in [3.8, 4) is 11.5 Å². The Balaban J connectivity index is 1.77. The quantitative estimate of drug-likeness (QED) is 0.775. The molecule has 2 aromatic rings. The van der Waals surface area contributed by atoms with E-state index in [4.69, 9.17) is 9.47 Å². The summed E-state index contributed by atoms with van der Waals surface area (Å²) in [4.78, 5) is 13.0. The maximum absolute atomic E-state index is 13.0. The Morgan fingerprint density at radius 2 is 1.93 bits per heavy atom. The second-order valence-corrected chi connectivity index (χ2v) is 8.43. The highest BCUT2D eigenvalue weighted by Crippen LogP contribution is 2.40. The first kappa shape index (κ1) is 20.2. The van der Waals surface area contributed by atoms with E-state index in [1.54, 1.807) is 0 Å². The van der Waals surface area contributed by atoms with Crippen molar-refractivity contribution in [3.63, 3.8) is 0 Å². The van der Waals surface area contributed by atoms with Crippen LogP contribution in [-0.4, -0.2) is 17.6 Å². The van der Waals surface area contributed by atoms with Crippen molar-refractivity contribution in [3.05, 3.63) is 58.7 Å². The molecule has 28 heavy (non-hydrogen) atoms. The number of hydrogen-bond donors (Lipinski definition) is 1. The van der Waals surface area contributed by atoms with Crippen LogP contribution in [0.15, 0.2) is 36.4 Å². The van der Waals surface area contributed by atoms with Crippen LogP contribution in [0.25, 0.3) is 0 Å². The van der Waals surface area contributed by atoms with E-state index in [1.165, 1.54) is 5.56 Å². The smallest absolute Gasteiger partial charge is 0.261 e. The topological polar surface area (TPSA) is 47.6 Å². The van der Waals surface area contributed by atoms with Crippen molar-refractivity contribution in [2.24, 2.45) is 0 Å². The normalized spacial score (nSPS) is 18.6. The lowest BCUT2D eigenvalue weighted by Crippen LogP contribution is -2.45. The van der Waals surface area contributed by atoms with Crippen LogP contribution in [0.1, 0.15) is 61.9 Å². The van der Waals surface area contributed by atoms with Gasteiger partial charge in [-0.1, -0.05) is 25.1 Å². The van der Waals surface area contributed by atoms with Gasteiger partial charge in [-0.3, -0.25) is 4.79 Å². The van der Waals surface area contributed by atoms with Crippen molar-refractivity contribution in [2.45, 2.75) is 72.1 Å². The van der Waals surface area contributed by atoms with Gasteiger partial charge in [-0.05, 0) is 75.9 Å². The van der Waals surface area contributed by atoms with Gasteiger partial charge in [0.2, 0.25) is 0 Å². The third-order valence-corrected chi connectivity index (χ3v) is 5.36. The lowest BCUT2D eigenvalue weighted by molar-refractivity contribution is -0.129. The Hall–Kier alpha value is -2.49. The number of ether oxygens (including phenoxy) is 2. The molecule has 0 aliphatic carbocycles. The minimum absolute atomic E-state index is 0.0880. The maximum Gasteiger partial charge on any atom is 0.261 e. The minimum atomic E-state index is -0.526. The number of hydrogen-bond acceptors (Lipinski definition) is 3. The Kier molecular flexibility index (Phi) is 5.69. The van der Waals surface area contributed by atoms with Gasteiger partial charge in [0.25, 0.3) is 5.91 Å². The maximum atomic E-state index is 13.0. The average Bonchev–Trinajstić information content (AvgIpc) is 2.61. The number of carbonyl (C=O) groups excluding carboxylic acids is 1. The Labute approximate surface area is 168 Å². The summed E-state index contributed by atoms with van der Waals surface area (Å²) in [5.41, 5.74) is 4.20. The molecule has 3 rings (SSSR count). The van der Waals surface area contributed by atoms with Crippen molar-refractivity contribution in [1.82, 2.24) is 5.32 Å². The fourth-order valence-electron chi connectivity index (χ4n) is 3.63. The molecule has 0 radical (unpaired) electrons. The van der Waals surface area contributed by atoms with E-state index in [-0.39, 0.29) is 17.6 Å². The van der Waals surface area contributed by atoms with Crippen LogP contribution >= 0.6 is 0 Å². The van der Waals surface area contributed by atoms with E-state index in [0.29, 0.717) is 6.42 Å². The fourth-order valence-corrected chi connectivity index (χ4v) is 3.63. The Morgan fingerprint density at radius 3 is 2.61 bits per heavy atom. The molecular weight excluding hydrogens is 350 g/mol. The first-order valence-electron chi connectivity index (χ1n) is 10.0. The highest BCUT2D eigenvalue weighted by molar-refractivity contribution is 5.81. The summed E-state index contributed by atoms with van der Waals surface area (Å²) in [7, 11) is 0. The zero-order valence-electron chi connectivity index (χ0n) is 17.8. The first-order chi connectivity index (χ1) is 13.2. The summed E-state index contributed by atoms with van der Waals surface area (Å²) in [6.07, 6.45) is 0.794. The molecule has 4 heteroatoms. The third-order valence-electron chi connectivity index (χ3n) is 5.36. The number of aryl methyl sites for hydroxylation is 3. The van der Waals surface area contributed by atoms with Crippen LogP contribution in [0, 0.1) is 20.8 Å². The van der Waals surface area contributed by atoms with Crippen molar-refractivity contribution in [2.75, 3.05) is 0 Å². The minimum Gasteiger partial charge on any atom is -0.487 e. The molecule has 0 bridgehead atoms. The lowest BCUT2D eigenvalue weighted by atomic mass is 9.89. The predicted molar refractivity (Wildman–Crippen MR) is 112 cm³/mol. The first-order valence-corrected chi connectivity index (χ1v) is 10.0. The number of amides is 1. The highest BCUT2D eigenvalue weighted by atomic mass is 16.5. The van der Waals surface area contributed by atoms with Gasteiger partial charge in [0, 0.05) is 12.0 Å². The van der Waals surface area contributed by atoms with Gasteiger partial charge in [-0.2, -0.15) is 0 Å². The predicted octanol–water partition coefficient (Wildman–Crippen LogP) is 5.19. The number of nitrogens with one attached hydrogen (secondary N) is 1. The van der Waals surface area contributed by atoms with E-state index < -0.39 is 6.10 Å². The fraction of sp³-hybridized carbons (Fsp3) is 0.458. The number of fused-ring (bicyclic) bond motifs is 1. The van der Waals surface area contributed by atoms with Crippen LogP contribution in [0.2, 0.25) is 0 Å². The SMILES string of the molecule is CC[C@@H](Oc1ccc(C)c(C)c1)C(=O)N[C@H]1CC(C)(C)Oc2cc(C)ccc21. The van der Waals surface area contributed by atoms with Gasteiger partial charge in [0.15, 0.2) is 6.10 Å². The molecule has 4 nitrogen and oxygen atoms in total. The van der Waals surface area contributed by atoms with Crippen molar-refractivity contribution >= 4 is 5.91 Å². The van der Waals surface area contributed by atoms with E-state index in [1.807, 2.05) is 45.0 Å². The molecule has 150 valence electrons. The van der Waals surface area contributed by atoms with Gasteiger partial charge < -0.3 is 14.8 Å². The third kappa shape index (κ3) is 4.49. The molecule has 0 fully saturated rings. The molecule has 1 N–H and O–H groups in total. The van der Waals surface area contributed by atoms with Crippen LogP contribution in [0.4, 0.5) is 0 Å². The van der Waals surface area contributed by atoms with Crippen LogP contribution < -0.4 is 14.8 Å².